The number of hydrogen-bond donors (Lipinski definition) is 1. The fourth-order valence-electron chi connectivity index (χ4n) is 2.34. The first-order valence-corrected chi connectivity index (χ1v) is 9.82. The monoisotopic (exact) mass is 376 g/mol. The van der Waals surface area contributed by atoms with Gasteiger partial charge >= 0.3 is 0 Å². The molecule has 3 aromatic rings. The Bertz CT molecular complexity index is 865. The van der Waals surface area contributed by atoms with E-state index in [0.717, 1.165) is 29.1 Å². The van der Waals surface area contributed by atoms with E-state index < -0.39 is 5.54 Å². The third-order valence-corrected chi connectivity index (χ3v) is 5.58. The molecule has 6 nitrogen and oxygen atoms in total. The topological polar surface area (TPSA) is 80.9 Å². The number of thiophene rings is 1. The quantitative estimate of drug-likeness (QED) is 0.698. The molecular formula is C17H20N4O2S2. The molecule has 8 heteroatoms. The Balaban J connectivity index is 1.79. The van der Waals surface area contributed by atoms with Gasteiger partial charge in [-0.1, -0.05) is 12.1 Å². The Morgan fingerprint density at radius 2 is 2.16 bits per heavy atom. The molecule has 0 unspecified atom stereocenters. The van der Waals surface area contributed by atoms with Gasteiger partial charge in [-0.15, -0.1) is 11.3 Å². The van der Waals surface area contributed by atoms with Gasteiger partial charge in [0.2, 0.25) is 5.89 Å². The first kappa shape index (κ1) is 17.8. The molecule has 1 N–H and O–H groups in total. The van der Waals surface area contributed by atoms with Crippen LogP contribution < -0.4 is 5.32 Å². The fourth-order valence-corrected chi connectivity index (χ4v) is 4.01. The zero-order valence-electron chi connectivity index (χ0n) is 14.6. The van der Waals surface area contributed by atoms with Crippen molar-refractivity contribution in [1.82, 2.24) is 20.4 Å². The first-order chi connectivity index (χ1) is 11.9. The normalized spacial score (nSPS) is 11.7. The fraction of sp³-hybridized carbons (Fsp3) is 0.412. The van der Waals surface area contributed by atoms with Crippen molar-refractivity contribution >= 4 is 28.6 Å². The second-order valence-electron chi connectivity index (χ2n) is 6.29. The molecule has 0 saturated carbocycles. The molecule has 0 aliphatic carbocycles. The van der Waals surface area contributed by atoms with Gasteiger partial charge in [0.1, 0.15) is 9.88 Å². The second kappa shape index (κ2) is 7.05. The lowest BCUT2D eigenvalue weighted by molar-refractivity contribution is 0.0911. The highest BCUT2D eigenvalue weighted by Gasteiger charge is 2.30. The highest BCUT2D eigenvalue weighted by atomic mass is 32.1. The van der Waals surface area contributed by atoms with Gasteiger partial charge in [0.05, 0.1) is 11.2 Å². The van der Waals surface area contributed by atoms with Crippen molar-refractivity contribution in [3.05, 3.63) is 39.1 Å². The molecule has 3 heterocycles. The smallest absolute Gasteiger partial charge is 0.264 e. The summed E-state index contributed by atoms with van der Waals surface area (Å²) in [6.45, 7) is 7.62. The standard InChI is InChI=1S/C17H20N4O2S2/c1-5-6-12-19-16(21-23-12)17(3,4)20-14(22)13-10(2)18-15(25-13)11-7-8-24-9-11/h7-9H,5-6H2,1-4H3,(H,20,22). The Labute approximate surface area is 154 Å². The molecule has 0 aromatic carbocycles. The minimum Gasteiger partial charge on any atom is -0.339 e. The van der Waals surface area contributed by atoms with Gasteiger partial charge in [0, 0.05) is 17.4 Å². The molecule has 0 fully saturated rings. The van der Waals surface area contributed by atoms with Gasteiger partial charge in [-0.25, -0.2) is 4.98 Å². The minimum absolute atomic E-state index is 0.177. The van der Waals surface area contributed by atoms with Crippen LogP contribution in [0.4, 0.5) is 0 Å². The Morgan fingerprint density at radius 1 is 1.36 bits per heavy atom. The van der Waals surface area contributed by atoms with Gasteiger partial charge in [-0.3, -0.25) is 4.79 Å². The molecule has 0 saturated heterocycles. The van der Waals surface area contributed by atoms with Crippen LogP contribution in [0.25, 0.3) is 10.6 Å². The third-order valence-electron chi connectivity index (χ3n) is 3.69. The largest absolute Gasteiger partial charge is 0.339 e. The molecule has 0 atom stereocenters. The summed E-state index contributed by atoms with van der Waals surface area (Å²) in [5, 5.41) is 11.9. The van der Waals surface area contributed by atoms with E-state index in [1.165, 1.54) is 11.3 Å². The predicted molar refractivity (Wildman–Crippen MR) is 98.9 cm³/mol. The van der Waals surface area contributed by atoms with Gasteiger partial charge in [0.25, 0.3) is 5.91 Å². The van der Waals surface area contributed by atoms with Crippen LogP contribution in [0.15, 0.2) is 21.3 Å². The van der Waals surface area contributed by atoms with E-state index in [0.29, 0.717) is 16.6 Å². The van der Waals surface area contributed by atoms with Crippen LogP contribution in [0.1, 0.15) is 54.3 Å². The van der Waals surface area contributed by atoms with Gasteiger partial charge in [-0.2, -0.15) is 16.3 Å². The van der Waals surface area contributed by atoms with Crippen molar-refractivity contribution in [2.24, 2.45) is 0 Å². The number of carbonyl (C=O) groups is 1. The molecule has 3 rings (SSSR count). The predicted octanol–water partition coefficient (Wildman–Crippen LogP) is 4.18. The molecule has 0 bridgehead atoms. The number of aryl methyl sites for hydroxylation is 2. The van der Waals surface area contributed by atoms with Crippen LogP contribution in [-0.2, 0) is 12.0 Å². The summed E-state index contributed by atoms with van der Waals surface area (Å²) in [6, 6.07) is 2.00. The number of nitrogens with zero attached hydrogens (tertiary/aromatic N) is 3. The lowest BCUT2D eigenvalue weighted by Crippen LogP contribution is -2.41. The van der Waals surface area contributed by atoms with Crippen molar-refractivity contribution in [1.29, 1.82) is 0 Å². The Kier molecular flexibility index (Phi) is 5.01. The van der Waals surface area contributed by atoms with Crippen LogP contribution in [0, 0.1) is 6.92 Å². The lowest BCUT2D eigenvalue weighted by Gasteiger charge is -2.21. The van der Waals surface area contributed by atoms with Crippen molar-refractivity contribution in [2.75, 3.05) is 0 Å². The average Bonchev–Trinajstić information content (AvgIpc) is 3.26. The van der Waals surface area contributed by atoms with Crippen LogP contribution in [0.5, 0.6) is 0 Å². The minimum atomic E-state index is -0.731. The van der Waals surface area contributed by atoms with Crippen LogP contribution >= 0.6 is 22.7 Å². The average molecular weight is 377 g/mol. The van der Waals surface area contributed by atoms with Crippen molar-refractivity contribution < 1.29 is 9.32 Å². The summed E-state index contributed by atoms with van der Waals surface area (Å²) < 4.78 is 5.23. The first-order valence-electron chi connectivity index (χ1n) is 8.06. The van der Waals surface area contributed by atoms with Crippen molar-refractivity contribution in [3.8, 4) is 10.6 Å². The van der Waals surface area contributed by atoms with E-state index >= 15 is 0 Å². The van der Waals surface area contributed by atoms with Crippen LogP contribution in [0.3, 0.4) is 0 Å². The van der Waals surface area contributed by atoms with E-state index in [4.69, 9.17) is 4.52 Å². The van der Waals surface area contributed by atoms with Gasteiger partial charge in [0.15, 0.2) is 5.82 Å². The van der Waals surface area contributed by atoms with E-state index in [2.05, 4.69) is 27.4 Å². The van der Waals surface area contributed by atoms with E-state index in [1.807, 2.05) is 37.6 Å². The second-order valence-corrected chi connectivity index (χ2v) is 8.07. The lowest BCUT2D eigenvalue weighted by atomic mass is 10.0. The SMILES string of the molecule is CCCc1nc(C(C)(C)NC(=O)c2sc(-c3ccsc3)nc2C)no1. The summed E-state index contributed by atoms with van der Waals surface area (Å²) in [4.78, 5) is 22.3. The van der Waals surface area contributed by atoms with E-state index in [-0.39, 0.29) is 5.91 Å². The number of amides is 1. The number of thiazole rings is 1. The molecule has 0 aliphatic rings. The van der Waals surface area contributed by atoms with Gasteiger partial charge < -0.3 is 9.84 Å². The number of carbonyl (C=O) groups excluding carboxylic acids is 1. The molecular weight excluding hydrogens is 356 g/mol. The third kappa shape index (κ3) is 3.80. The summed E-state index contributed by atoms with van der Waals surface area (Å²) >= 11 is 3.00. The Morgan fingerprint density at radius 3 is 2.84 bits per heavy atom. The highest BCUT2D eigenvalue weighted by Crippen LogP contribution is 2.30. The van der Waals surface area contributed by atoms with Crippen LogP contribution in [-0.4, -0.2) is 21.0 Å². The maximum Gasteiger partial charge on any atom is 0.264 e. The number of nitrogens with one attached hydrogen (secondary N) is 1. The summed E-state index contributed by atoms with van der Waals surface area (Å²) in [7, 11) is 0. The van der Waals surface area contributed by atoms with E-state index in [9.17, 15) is 4.79 Å². The number of hydrogen-bond acceptors (Lipinski definition) is 7. The molecule has 132 valence electrons. The van der Waals surface area contributed by atoms with Crippen molar-refractivity contribution in [2.45, 2.75) is 46.1 Å². The summed E-state index contributed by atoms with van der Waals surface area (Å²) in [5.74, 6) is 0.890. The number of aromatic nitrogens is 3. The Hall–Kier alpha value is -2.06. The van der Waals surface area contributed by atoms with Crippen molar-refractivity contribution in [3.63, 3.8) is 0 Å². The zero-order valence-corrected chi connectivity index (χ0v) is 16.3. The molecule has 0 spiro atoms. The molecule has 0 radical (unpaired) electrons. The van der Waals surface area contributed by atoms with Crippen LogP contribution in [0.2, 0.25) is 0 Å². The summed E-state index contributed by atoms with van der Waals surface area (Å²) in [5.41, 5.74) is 1.03. The molecule has 1 amide bonds. The maximum atomic E-state index is 12.7. The zero-order chi connectivity index (χ0) is 18.0. The van der Waals surface area contributed by atoms with E-state index in [1.54, 1.807) is 11.3 Å². The highest BCUT2D eigenvalue weighted by molar-refractivity contribution is 7.17. The number of rotatable bonds is 6. The molecule has 0 aliphatic heterocycles. The molecule has 3 aromatic heterocycles. The maximum absolute atomic E-state index is 12.7. The summed E-state index contributed by atoms with van der Waals surface area (Å²) in [6.07, 6.45) is 1.66. The van der Waals surface area contributed by atoms with Gasteiger partial charge in [-0.05, 0) is 38.6 Å². The molecule has 25 heavy (non-hydrogen) atoms.